The number of ether oxygens (including phenoxy) is 4. The van der Waals surface area contributed by atoms with Crippen LogP contribution in [0.2, 0.25) is 0 Å². The number of hydrogen-bond acceptors (Lipinski definition) is 17. The molecule has 9 aliphatic rings. The number of ketones is 1. The van der Waals surface area contributed by atoms with Crippen LogP contribution in [0.1, 0.15) is 162 Å². The van der Waals surface area contributed by atoms with Gasteiger partial charge in [-0.25, -0.2) is 4.99 Å². The molecule has 3 aromatic rings. The third kappa shape index (κ3) is 13.3. The number of guanidine groups is 1. The number of carbonyl (C=O) groups is 1. The van der Waals surface area contributed by atoms with Gasteiger partial charge in [0.05, 0.1) is 36.5 Å². The molecule has 5 aliphatic carbocycles. The molecule has 6 bridgehead atoms. The Balaban J connectivity index is 1.06. The van der Waals surface area contributed by atoms with E-state index in [9.17, 15) is 35.4 Å². The average molecular weight is 1200 g/mol. The van der Waals surface area contributed by atoms with Crippen molar-refractivity contribution in [1.29, 1.82) is 0 Å². The number of benzene rings is 3. The zero-order chi connectivity index (χ0) is 59.5. The van der Waals surface area contributed by atoms with Crippen LogP contribution in [-0.2, 0) is 48.1 Å². The van der Waals surface area contributed by atoms with Gasteiger partial charge in [-0.15, -0.1) is 0 Å². The minimum absolute atomic E-state index is 0.00303. The second-order valence-corrected chi connectivity index (χ2v) is 29.4. The first-order valence-electron chi connectivity index (χ1n) is 31.5. The third-order valence-electron chi connectivity index (χ3n) is 21.3. The van der Waals surface area contributed by atoms with E-state index in [1.807, 2.05) is 12.1 Å². The molecule has 85 heavy (non-hydrogen) atoms. The van der Waals surface area contributed by atoms with Crippen LogP contribution >= 0.6 is 21.6 Å². The minimum Gasteiger partial charge on any atom is -0.508 e. The van der Waals surface area contributed by atoms with Gasteiger partial charge in [0.2, 0.25) is 6.29 Å². The molecule has 10 N–H and O–H groups in total. The lowest BCUT2D eigenvalue weighted by Crippen LogP contribution is -2.59. The molecule has 15 nitrogen and oxygen atoms in total. The Morgan fingerprint density at radius 2 is 1.65 bits per heavy atom. The number of aliphatic hydroxyl groups excluding tert-OH is 4. The first-order chi connectivity index (χ1) is 41.1. The molecular weight excluding hydrogens is 1110 g/mol. The molecular formula is C68H90N4O11S2. The van der Waals surface area contributed by atoms with Crippen LogP contribution in [0, 0.1) is 63.6 Å². The van der Waals surface area contributed by atoms with Crippen molar-refractivity contribution in [2.75, 3.05) is 38.7 Å². The van der Waals surface area contributed by atoms with E-state index in [1.165, 1.54) is 17.2 Å². The summed E-state index contributed by atoms with van der Waals surface area (Å²) in [6, 6.07) is 10.7. The van der Waals surface area contributed by atoms with Gasteiger partial charge in [-0.3, -0.25) is 10.1 Å². The Kier molecular flexibility index (Phi) is 19.3. The van der Waals surface area contributed by atoms with E-state index < -0.39 is 36.7 Å². The van der Waals surface area contributed by atoms with Crippen LogP contribution in [0.3, 0.4) is 0 Å². The zero-order valence-corrected chi connectivity index (χ0v) is 51.7. The van der Waals surface area contributed by atoms with Gasteiger partial charge >= 0.3 is 0 Å². The highest BCUT2D eigenvalue weighted by molar-refractivity contribution is 8.76. The lowest BCUT2D eigenvalue weighted by Gasteiger charge is -2.54. The van der Waals surface area contributed by atoms with Crippen molar-refractivity contribution >= 4 is 33.3 Å². The van der Waals surface area contributed by atoms with Crippen LogP contribution in [0.5, 0.6) is 28.7 Å². The molecule has 0 aromatic heterocycles. The Bertz CT molecular complexity index is 3070. The summed E-state index contributed by atoms with van der Waals surface area (Å²) in [4.78, 5) is 18.6. The fourth-order valence-electron chi connectivity index (χ4n) is 16.9. The van der Waals surface area contributed by atoms with Gasteiger partial charge < -0.3 is 60.6 Å². The zero-order valence-electron chi connectivity index (χ0n) is 50.0. The first-order valence-corrected chi connectivity index (χ1v) is 34.0. The number of aryl methyl sites for hydroxylation is 3. The molecule has 3 fully saturated rings. The van der Waals surface area contributed by atoms with Crippen molar-refractivity contribution in [1.82, 2.24) is 10.6 Å². The Morgan fingerprint density at radius 1 is 0.835 bits per heavy atom. The molecule has 11 atom stereocenters. The normalized spacial score (nSPS) is 31.7. The lowest BCUT2D eigenvalue weighted by atomic mass is 9.55. The average Bonchev–Trinajstić information content (AvgIpc) is 1.93. The van der Waals surface area contributed by atoms with Gasteiger partial charge in [-0.05, 0) is 178 Å². The highest BCUT2D eigenvalue weighted by Gasteiger charge is 2.58. The van der Waals surface area contributed by atoms with Gasteiger partial charge in [-0.1, -0.05) is 90.2 Å². The molecule has 460 valence electrons. The third-order valence-corrected chi connectivity index (χ3v) is 23.8. The minimum atomic E-state index is -1.27. The Labute approximate surface area is 510 Å². The van der Waals surface area contributed by atoms with Crippen LogP contribution in [0.4, 0.5) is 0 Å². The predicted octanol–water partition coefficient (Wildman–Crippen LogP) is 8.96. The SMILES string of the molecule is COC(CO)C1(CC2CCC3(CCC4(CCCc5cc(O)ccc5C4)C3)CC23CC#CC2NC(N)=NC(C(C)C)CSSCC2C2Cc4c5cc(c(c4OC2O)OCN3)CC#Cc2c(ccc(O)c2OCO)CCC(=O)CC(O)CC5)CCCC1. The quantitative estimate of drug-likeness (QED) is 0.0581. The van der Waals surface area contributed by atoms with Crippen molar-refractivity contribution < 1.29 is 54.4 Å². The molecule has 4 aliphatic heterocycles. The lowest BCUT2D eigenvalue weighted by molar-refractivity contribution is -0.121. The van der Waals surface area contributed by atoms with E-state index >= 15 is 0 Å². The molecule has 3 spiro atoms. The second-order valence-electron chi connectivity index (χ2n) is 26.9. The van der Waals surface area contributed by atoms with Gasteiger partial charge in [0, 0.05) is 72.8 Å². The van der Waals surface area contributed by atoms with Crippen LogP contribution in [0.15, 0.2) is 41.4 Å². The molecule has 0 amide bonds. The highest BCUT2D eigenvalue weighted by atomic mass is 33.1. The van der Waals surface area contributed by atoms with E-state index in [0.717, 1.165) is 113 Å². The standard InChI is InChI=1S/C68H90N4O11S2/c1-42(2)57-37-85-84-36-55-54-32-53-45-14-18-51(77)31-50(76)17-13-43-16-20-58(78)61(82-41-74)52(43)11-6-9-46(29-45)60(62(53)83-63(54)79)81-40-70-68(25-8-12-56(55)71-64(69)72-57)39-66(26-21-48(68)34-67(23-4-5-24-67)59(35-73)80-3)28-27-65(38-66)22-7-10-44-30-49(75)19-15-47(44)33-65/h15-16,19-20,29-30,42,48,51,54-57,59,63,70,73-75,77-79H,4-5,7,9-10,13-14,17-18,21-28,31-41H2,1-3H3,(H3,69,71,72). The van der Waals surface area contributed by atoms with E-state index in [2.05, 4.69) is 60.3 Å². The van der Waals surface area contributed by atoms with Gasteiger partial charge in [0.1, 0.15) is 18.3 Å². The number of aliphatic hydroxyl groups is 4. The number of phenols is 2. The number of nitrogens with two attached hydrogens (primary N) is 1. The molecule has 0 saturated heterocycles. The Morgan fingerprint density at radius 3 is 2.45 bits per heavy atom. The molecule has 12 rings (SSSR count). The van der Waals surface area contributed by atoms with Gasteiger partial charge in [-0.2, -0.15) is 0 Å². The van der Waals surface area contributed by atoms with Gasteiger partial charge in [0.25, 0.3) is 0 Å². The maximum atomic E-state index is 13.5. The molecule has 3 saturated carbocycles. The largest absolute Gasteiger partial charge is 0.508 e. The number of hydrogen-bond donors (Lipinski definition) is 9. The fraction of sp³-hybridized carbons (Fsp3) is 0.647. The van der Waals surface area contributed by atoms with E-state index in [4.69, 9.17) is 29.7 Å². The summed E-state index contributed by atoms with van der Waals surface area (Å²) in [5.74, 6) is 16.6. The highest BCUT2D eigenvalue weighted by Crippen LogP contribution is 2.64. The molecule has 11 unspecified atom stereocenters. The number of methoxy groups -OCH3 is 1. The van der Waals surface area contributed by atoms with E-state index in [1.54, 1.807) is 34.8 Å². The topological polar surface area (TPSA) is 238 Å². The molecule has 17 heteroatoms. The summed E-state index contributed by atoms with van der Waals surface area (Å²) in [5, 5.41) is 74.6. The summed E-state index contributed by atoms with van der Waals surface area (Å²) in [7, 11) is 5.28. The van der Waals surface area contributed by atoms with Crippen molar-refractivity contribution in [2.24, 2.45) is 50.6 Å². The summed E-state index contributed by atoms with van der Waals surface area (Å²) >= 11 is 0. The molecule has 3 aromatic carbocycles. The number of Topliss-reactive ketones (excluding diaryl/α,β-unsaturated/α-hetero) is 1. The summed E-state index contributed by atoms with van der Waals surface area (Å²) in [5.41, 5.74) is 12.4. The summed E-state index contributed by atoms with van der Waals surface area (Å²) < 4.78 is 26.0. The molecule has 0 radical (unpaired) electrons. The first kappa shape index (κ1) is 61.8. The number of rotatable bonds is 8. The van der Waals surface area contributed by atoms with Crippen LogP contribution < -0.4 is 30.6 Å². The smallest absolute Gasteiger partial charge is 0.201 e. The number of fused-ring (bicyclic) bond motifs is 8. The number of aliphatic imine (C=N–C) groups is 1. The summed E-state index contributed by atoms with van der Waals surface area (Å²) in [6.07, 6.45) is 15.0. The fourth-order valence-corrected chi connectivity index (χ4v) is 19.7. The predicted molar refractivity (Wildman–Crippen MR) is 332 cm³/mol. The Hall–Kier alpha value is -4.82. The maximum absolute atomic E-state index is 13.5. The monoisotopic (exact) mass is 1200 g/mol. The van der Waals surface area contributed by atoms with Crippen molar-refractivity contribution in [3.8, 4) is 52.4 Å². The van der Waals surface area contributed by atoms with Gasteiger partial charge in [0.15, 0.2) is 35.8 Å². The second kappa shape index (κ2) is 26.5. The maximum Gasteiger partial charge on any atom is 0.201 e. The van der Waals surface area contributed by atoms with Crippen molar-refractivity contribution in [3.63, 3.8) is 0 Å². The molecule has 4 heterocycles. The number of nitrogens with one attached hydrogen (secondary N) is 2. The number of phenolic OH excluding ortho intramolecular Hbond substituents is 2. The van der Waals surface area contributed by atoms with E-state index in [-0.39, 0.29) is 102 Å². The van der Waals surface area contributed by atoms with Crippen LogP contribution in [0.25, 0.3) is 0 Å². The number of carbonyl (C=O) groups excluding carboxylic acids is 1. The van der Waals surface area contributed by atoms with Crippen molar-refractivity contribution in [2.45, 2.75) is 198 Å². The number of nitrogens with zero attached hydrogens (tertiary/aromatic N) is 1. The number of aromatic hydroxyl groups is 2. The summed E-state index contributed by atoms with van der Waals surface area (Å²) in [6.45, 7) is 3.67. The van der Waals surface area contributed by atoms with E-state index in [0.29, 0.717) is 71.3 Å². The van der Waals surface area contributed by atoms with Crippen molar-refractivity contribution in [3.05, 3.63) is 75.3 Å². The van der Waals surface area contributed by atoms with Crippen LogP contribution in [-0.4, -0.2) is 117 Å².